The summed E-state index contributed by atoms with van der Waals surface area (Å²) in [5.74, 6) is -0.503. The molecule has 36 heavy (non-hydrogen) atoms. The Bertz CT molecular complexity index is 1460. The molecule has 0 bridgehead atoms. The molecule has 0 saturated heterocycles. The van der Waals surface area contributed by atoms with Crippen molar-refractivity contribution in [1.82, 2.24) is 20.6 Å². The number of fused-ring (bicyclic) bond motifs is 1. The minimum absolute atomic E-state index is 0.120. The molecule has 1 aromatic heterocycles. The van der Waals surface area contributed by atoms with Crippen molar-refractivity contribution in [3.05, 3.63) is 118 Å². The molecule has 0 aliphatic carbocycles. The topological polar surface area (TPSA) is 93.2 Å². The number of hydrogen-bond acceptors (Lipinski definition) is 5. The minimum Gasteiger partial charge on any atom is -0.457 e. The van der Waals surface area contributed by atoms with Gasteiger partial charge in [0, 0.05) is 23.1 Å². The molecule has 3 aromatic carbocycles. The predicted molar refractivity (Wildman–Crippen MR) is 137 cm³/mol. The Labute approximate surface area is 213 Å². The summed E-state index contributed by atoms with van der Waals surface area (Å²) in [6, 6.07) is 21.4. The van der Waals surface area contributed by atoms with E-state index in [1.807, 2.05) is 72.8 Å². The number of ether oxygens (including phenoxy) is 1. The molecule has 1 aliphatic heterocycles. The first-order chi connectivity index (χ1) is 17.6. The highest BCUT2D eigenvalue weighted by Crippen LogP contribution is 2.31. The molecule has 180 valence electrons. The molecule has 1 unspecified atom stereocenters. The van der Waals surface area contributed by atoms with Crippen LogP contribution in [0.15, 0.2) is 96.5 Å². The molecule has 1 aliphatic rings. The highest BCUT2D eigenvalue weighted by atomic mass is 35.5. The first-order valence-corrected chi connectivity index (χ1v) is 11.9. The molecule has 0 spiro atoms. The van der Waals surface area contributed by atoms with E-state index in [4.69, 9.17) is 16.3 Å². The number of esters is 1. The van der Waals surface area contributed by atoms with Gasteiger partial charge in [0.25, 0.3) is 0 Å². The fraction of sp³-hybridized carbons (Fsp3) is 0.143. The van der Waals surface area contributed by atoms with Crippen molar-refractivity contribution < 1.29 is 14.3 Å². The molecule has 0 fully saturated rings. The van der Waals surface area contributed by atoms with E-state index in [1.165, 1.54) is 0 Å². The minimum atomic E-state index is -0.706. The van der Waals surface area contributed by atoms with E-state index in [0.717, 1.165) is 16.6 Å². The van der Waals surface area contributed by atoms with E-state index in [1.54, 1.807) is 12.4 Å². The number of hydrogen-bond donors (Lipinski definition) is 2. The van der Waals surface area contributed by atoms with Gasteiger partial charge in [-0.2, -0.15) is 0 Å². The lowest BCUT2D eigenvalue weighted by Crippen LogP contribution is -2.46. The van der Waals surface area contributed by atoms with Crippen LogP contribution in [0.1, 0.15) is 29.2 Å². The lowest BCUT2D eigenvalue weighted by atomic mass is 9.92. The van der Waals surface area contributed by atoms with Crippen molar-refractivity contribution in [2.75, 3.05) is 0 Å². The van der Waals surface area contributed by atoms with Gasteiger partial charge in [-0.3, -0.25) is 9.97 Å². The van der Waals surface area contributed by atoms with Gasteiger partial charge in [-0.1, -0.05) is 60.1 Å². The van der Waals surface area contributed by atoms with Crippen molar-refractivity contribution in [1.29, 1.82) is 0 Å². The van der Waals surface area contributed by atoms with Crippen LogP contribution in [0.2, 0.25) is 5.02 Å². The van der Waals surface area contributed by atoms with Gasteiger partial charge in [0.15, 0.2) is 0 Å². The van der Waals surface area contributed by atoms with Gasteiger partial charge in [-0.05, 0) is 53.8 Å². The van der Waals surface area contributed by atoms with Gasteiger partial charge in [0.2, 0.25) is 0 Å². The highest BCUT2D eigenvalue weighted by molar-refractivity contribution is 6.30. The number of halogens is 1. The molecule has 2 N–H and O–H groups in total. The third-order valence-corrected chi connectivity index (χ3v) is 6.20. The summed E-state index contributed by atoms with van der Waals surface area (Å²) < 4.78 is 5.71. The Morgan fingerprint density at radius 3 is 2.47 bits per heavy atom. The molecule has 5 rings (SSSR count). The second-order valence-electron chi connectivity index (χ2n) is 8.42. The first kappa shape index (κ1) is 23.5. The Morgan fingerprint density at radius 2 is 1.67 bits per heavy atom. The summed E-state index contributed by atoms with van der Waals surface area (Å²) in [4.78, 5) is 34.8. The van der Waals surface area contributed by atoms with Crippen LogP contribution in [0.3, 0.4) is 0 Å². The number of nitrogens with one attached hydrogen (secondary N) is 2. The lowest BCUT2D eigenvalue weighted by molar-refractivity contribution is -0.140. The molecule has 2 amide bonds. The van der Waals surface area contributed by atoms with Crippen molar-refractivity contribution in [2.45, 2.75) is 25.5 Å². The second kappa shape index (κ2) is 10.6. The normalized spacial score (nSPS) is 15.4. The number of amides is 2. The fourth-order valence-electron chi connectivity index (χ4n) is 4.23. The molecule has 8 heteroatoms. The summed E-state index contributed by atoms with van der Waals surface area (Å²) in [5.41, 5.74) is 4.84. The maximum atomic E-state index is 13.5. The average molecular weight is 499 g/mol. The fourth-order valence-corrected chi connectivity index (χ4v) is 4.44. The van der Waals surface area contributed by atoms with Crippen LogP contribution in [0, 0.1) is 0 Å². The molecule has 7 nitrogen and oxygen atoms in total. The zero-order chi connectivity index (χ0) is 24.9. The molecular formula is C28H23ClN4O3. The van der Waals surface area contributed by atoms with Gasteiger partial charge >= 0.3 is 12.0 Å². The number of carbonyl (C=O) groups excluding carboxylic acids is 2. The number of carbonyl (C=O) groups is 2. The lowest BCUT2D eigenvalue weighted by Gasteiger charge is -2.29. The van der Waals surface area contributed by atoms with Gasteiger partial charge in [-0.25, -0.2) is 9.59 Å². The van der Waals surface area contributed by atoms with E-state index in [-0.39, 0.29) is 12.6 Å². The molecule has 2 heterocycles. The Kier molecular flexibility index (Phi) is 6.91. The molecule has 0 saturated carbocycles. The summed E-state index contributed by atoms with van der Waals surface area (Å²) >= 11 is 6.14. The van der Waals surface area contributed by atoms with Gasteiger partial charge in [0.05, 0.1) is 22.6 Å². The van der Waals surface area contributed by atoms with Crippen LogP contribution in [-0.4, -0.2) is 22.0 Å². The van der Waals surface area contributed by atoms with Crippen LogP contribution in [-0.2, 0) is 22.6 Å². The number of aromatic nitrogens is 2. The number of rotatable bonds is 7. The number of urea groups is 1. The zero-order valence-electron chi connectivity index (χ0n) is 19.3. The smallest absolute Gasteiger partial charge is 0.338 e. The number of nitrogens with zero attached hydrogens (tertiary/aromatic N) is 2. The Balaban J connectivity index is 1.50. The van der Waals surface area contributed by atoms with E-state index >= 15 is 0 Å². The highest BCUT2D eigenvalue weighted by Gasteiger charge is 2.34. The van der Waals surface area contributed by atoms with Crippen molar-refractivity contribution >= 4 is 34.6 Å². The van der Waals surface area contributed by atoms with Crippen LogP contribution in [0.5, 0.6) is 0 Å². The molecular weight excluding hydrogens is 476 g/mol. The van der Waals surface area contributed by atoms with Gasteiger partial charge < -0.3 is 15.4 Å². The van der Waals surface area contributed by atoms with E-state index in [0.29, 0.717) is 40.2 Å². The SMILES string of the molecule is O=C1NC(CCc2cccc(Cl)c2)=C(C(=O)OCc2ccccc2)C(c2ccc3nccnc3c2)N1. The standard InChI is InChI=1S/C28H23ClN4O3/c29-21-8-4-7-18(15-21)9-11-23-25(27(34)36-17-19-5-2-1-3-6-19)26(33-28(35)32-23)20-10-12-22-24(16-20)31-14-13-30-22/h1-8,10,12-16,26H,9,11,17H2,(H2,32,33,35). The maximum absolute atomic E-state index is 13.5. The summed E-state index contributed by atoms with van der Waals surface area (Å²) in [6.07, 6.45) is 4.23. The number of allylic oxidation sites excluding steroid dienone is 1. The maximum Gasteiger partial charge on any atom is 0.338 e. The van der Waals surface area contributed by atoms with Crippen LogP contribution < -0.4 is 10.6 Å². The van der Waals surface area contributed by atoms with Crippen LogP contribution in [0.25, 0.3) is 11.0 Å². The van der Waals surface area contributed by atoms with E-state index in [9.17, 15) is 9.59 Å². The van der Waals surface area contributed by atoms with Gasteiger partial charge in [-0.15, -0.1) is 0 Å². The Morgan fingerprint density at radius 1 is 0.889 bits per heavy atom. The molecule has 4 aromatic rings. The van der Waals surface area contributed by atoms with Crippen molar-refractivity contribution in [3.8, 4) is 0 Å². The van der Waals surface area contributed by atoms with Gasteiger partial charge in [0.1, 0.15) is 6.61 Å². The Hall–Kier alpha value is -4.23. The quantitative estimate of drug-likeness (QED) is 0.339. The van der Waals surface area contributed by atoms with Crippen molar-refractivity contribution in [2.24, 2.45) is 0 Å². The van der Waals surface area contributed by atoms with E-state index in [2.05, 4.69) is 20.6 Å². The van der Waals surface area contributed by atoms with Crippen molar-refractivity contribution in [3.63, 3.8) is 0 Å². The van der Waals surface area contributed by atoms with Crippen LogP contribution in [0.4, 0.5) is 4.79 Å². The second-order valence-corrected chi connectivity index (χ2v) is 8.86. The predicted octanol–water partition coefficient (Wildman–Crippen LogP) is 5.27. The average Bonchev–Trinajstić information content (AvgIpc) is 2.90. The third kappa shape index (κ3) is 5.37. The monoisotopic (exact) mass is 498 g/mol. The molecule has 0 radical (unpaired) electrons. The first-order valence-electron chi connectivity index (χ1n) is 11.5. The zero-order valence-corrected chi connectivity index (χ0v) is 20.0. The summed E-state index contributed by atoms with van der Waals surface area (Å²) in [6.45, 7) is 0.120. The van der Waals surface area contributed by atoms with Crippen LogP contribution >= 0.6 is 11.6 Å². The molecule has 1 atom stereocenters. The van der Waals surface area contributed by atoms with E-state index < -0.39 is 12.0 Å². The number of benzene rings is 3. The summed E-state index contributed by atoms with van der Waals surface area (Å²) in [5, 5.41) is 6.35. The number of aryl methyl sites for hydroxylation is 1. The largest absolute Gasteiger partial charge is 0.457 e. The summed E-state index contributed by atoms with van der Waals surface area (Å²) in [7, 11) is 0. The third-order valence-electron chi connectivity index (χ3n) is 5.97.